The Balaban J connectivity index is 1.67. The van der Waals surface area contributed by atoms with Gasteiger partial charge in [0.1, 0.15) is 0 Å². The van der Waals surface area contributed by atoms with Crippen molar-refractivity contribution in [2.24, 2.45) is 5.10 Å². The van der Waals surface area contributed by atoms with Gasteiger partial charge in [0.2, 0.25) is 0 Å². The molecule has 110 valence electrons. The highest BCUT2D eigenvalue weighted by Gasteiger charge is 2.10. The van der Waals surface area contributed by atoms with Crippen LogP contribution in [0.5, 0.6) is 0 Å². The molecule has 0 atom stereocenters. The lowest BCUT2D eigenvalue weighted by Crippen LogP contribution is -2.13. The largest absolute Gasteiger partial charge is 0.306 e. The molecular formula is C19H24N2. The molecule has 0 bridgehead atoms. The van der Waals surface area contributed by atoms with Gasteiger partial charge in [-0.2, -0.15) is 5.10 Å². The number of nitrogens with zero attached hydrogens (tertiary/aromatic N) is 1. The molecular weight excluding hydrogens is 256 g/mol. The molecule has 2 aliphatic carbocycles. The predicted octanol–water partition coefficient (Wildman–Crippen LogP) is 4.83. The van der Waals surface area contributed by atoms with E-state index in [-0.39, 0.29) is 0 Å². The Labute approximate surface area is 127 Å². The van der Waals surface area contributed by atoms with Gasteiger partial charge in [-0.1, -0.05) is 48.4 Å². The Bertz CT molecular complexity index is 585. The van der Waals surface area contributed by atoms with Gasteiger partial charge in [0, 0.05) is 5.71 Å². The molecule has 0 amide bonds. The lowest BCUT2D eigenvalue weighted by Gasteiger charge is -2.14. The molecule has 1 fully saturated rings. The van der Waals surface area contributed by atoms with Crippen LogP contribution in [0.2, 0.25) is 0 Å². The molecule has 21 heavy (non-hydrogen) atoms. The van der Waals surface area contributed by atoms with Crippen molar-refractivity contribution in [3.63, 3.8) is 0 Å². The molecule has 1 aromatic rings. The number of hydrogen-bond acceptors (Lipinski definition) is 2. The first-order valence-electron chi connectivity index (χ1n) is 8.07. The zero-order valence-corrected chi connectivity index (χ0v) is 12.9. The van der Waals surface area contributed by atoms with Crippen molar-refractivity contribution in [3.05, 3.63) is 53.1 Å². The lowest BCUT2D eigenvalue weighted by atomic mass is 9.98. The summed E-state index contributed by atoms with van der Waals surface area (Å²) in [5, 5.41) is 4.60. The minimum atomic E-state index is 0.816. The number of nitrogens with one attached hydrogen (secondary N) is 1. The normalized spacial score (nSPS) is 18.2. The van der Waals surface area contributed by atoms with Crippen LogP contribution in [0, 0.1) is 0 Å². The average molecular weight is 280 g/mol. The molecule has 0 saturated heterocycles. The first-order valence-corrected chi connectivity index (χ1v) is 8.07. The van der Waals surface area contributed by atoms with Crippen LogP contribution in [0.15, 0.2) is 47.1 Å². The summed E-state index contributed by atoms with van der Waals surface area (Å²) in [5.41, 5.74) is 10.1. The van der Waals surface area contributed by atoms with Crippen molar-refractivity contribution in [1.29, 1.82) is 0 Å². The van der Waals surface area contributed by atoms with E-state index in [0.29, 0.717) is 0 Å². The van der Waals surface area contributed by atoms with E-state index in [1.165, 1.54) is 60.1 Å². The number of hydrazone groups is 1. The van der Waals surface area contributed by atoms with Crippen LogP contribution in [0.25, 0.3) is 5.57 Å². The second kappa shape index (κ2) is 6.75. The number of rotatable bonds is 4. The fourth-order valence-corrected chi connectivity index (χ4v) is 3.15. The van der Waals surface area contributed by atoms with Crippen LogP contribution >= 0.6 is 0 Å². The molecule has 0 spiro atoms. The van der Waals surface area contributed by atoms with Crippen molar-refractivity contribution in [2.75, 3.05) is 0 Å². The fourth-order valence-electron chi connectivity index (χ4n) is 3.15. The zero-order chi connectivity index (χ0) is 14.5. The molecule has 3 rings (SSSR count). The average Bonchev–Trinajstić information content (AvgIpc) is 2.95. The van der Waals surface area contributed by atoms with Crippen molar-refractivity contribution in [1.82, 2.24) is 5.43 Å². The summed E-state index contributed by atoms with van der Waals surface area (Å²) < 4.78 is 0. The quantitative estimate of drug-likeness (QED) is 0.785. The van der Waals surface area contributed by atoms with Crippen LogP contribution < -0.4 is 5.43 Å². The summed E-state index contributed by atoms with van der Waals surface area (Å²) >= 11 is 0. The van der Waals surface area contributed by atoms with E-state index in [1.54, 1.807) is 0 Å². The van der Waals surface area contributed by atoms with Gasteiger partial charge in [-0.25, -0.2) is 0 Å². The minimum absolute atomic E-state index is 0.816. The highest BCUT2D eigenvalue weighted by molar-refractivity contribution is 5.84. The van der Waals surface area contributed by atoms with Crippen LogP contribution in [0.4, 0.5) is 0 Å². The maximum atomic E-state index is 4.60. The van der Waals surface area contributed by atoms with Crippen molar-refractivity contribution >= 4 is 11.3 Å². The number of allylic oxidation sites excluding steroid dienone is 4. The topological polar surface area (TPSA) is 24.4 Å². The van der Waals surface area contributed by atoms with E-state index in [9.17, 15) is 0 Å². The molecule has 0 heterocycles. The smallest absolute Gasteiger partial charge is 0.0585 e. The zero-order valence-electron chi connectivity index (χ0n) is 12.9. The van der Waals surface area contributed by atoms with Crippen LogP contribution in [-0.4, -0.2) is 5.71 Å². The summed E-state index contributed by atoms with van der Waals surface area (Å²) in [4.78, 5) is 0. The van der Waals surface area contributed by atoms with Crippen LogP contribution in [0.3, 0.4) is 0 Å². The van der Waals surface area contributed by atoms with Crippen molar-refractivity contribution in [2.45, 2.75) is 52.0 Å². The van der Waals surface area contributed by atoms with E-state index in [2.05, 4.69) is 53.9 Å². The summed E-state index contributed by atoms with van der Waals surface area (Å²) in [6, 6.07) is 8.67. The van der Waals surface area contributed by atoms with Gasteiger partial charge in [0.15, 0.2) is 0 Å². The Morgan fingerprint density at radius 2 is 1.90 bits per heavy atom. The SMILES string of the molecule is CC1=CCC(c2ccccc2CNN=C2CCCCC2)=C1. The van der Waals surface area contributed by atoms with Gasteiger partial charge >= 0.3 is 0 Å². The van der Waals surface area contributed by atoms with Gasteiger partial charge in [-0.3, -0.25) is 0 Å². The Morgan fingerprint density at radius 3 is 2.67 bits per heavy atom. The van der Waals surface area contributed by atoms with Crippen molar-refractivity contribution in [3.8, 4) is 0 Å². The standard InChI is InChI=1S/C19H24N2/c1-15-11-12-16(13-15)19-10-6-5-7-17(19)14-20-21-18-8-3-2-4-9-18/h5-7,10-11,13,20H,2-4,8-9,12,14H2,1H3. The second-order valence-electron chi connectivity index (χ2n) is 6.05. The number of hydrogen-bond donors (Lipinski definition) is 1. The number of benzene rings is 1. The molecule has 1 aromatic carbocycles. The molecule has 2 nitrogen and oxygen atoms in total. The Kier molecular flexibility index (Phi) is 4.54. The van der Waals surface area contributed by atoms with Crippen molar-refractivity contribution < 1.29 is 0 Å². The maximum absolute atomic E-state index is 4.60. The summed E-state index contributed by atoms with van der Waals surface area (Å²) in [6.07, 6.45) is 11.9. The molecule has 0 radical (unpaired) electrons. The van der Waals surface area contributed by atoms with Crippen LogP contribution in [-0.2, 0) is 6.54 Å². The first kappa shape index (κ1) is 14.1. The van der Waals surface area contributed by atoms with E-state index < -0.39 is 0 Å². The molecule has 0 aromatic heterocycles. The summed E-state index contributed by atoms with van der Waals surface area (Å²) in [7, 11) is 0. The maximum Gasteiger partial charge on any atom is 0.0585 e. The van der Waals surface area contributed by atoms with Crippen LogP contribution in [0.1, 0.15) is 56.6 Å². The monoisotopic (exact) mass is 280 g/mol. The first-order chi connectivity index (χ1) is 10.3. The second-order valence-corrected chi connectivity index (χ2v) is 6.05. The van der Waals surface area contributed by atoms with Gasteiger partial charge in [-0.05, 0) is 55.7 Å². The molecule has 1 saturated carbocycles. The third kappa shape index (κ3) is 3.63. The minimum Gasteiger partial charge on any atom is -0.306 e. The van der Waals surface area contributed by atoms with E-state index in [4.69, 9.17) is 0 Å². The highest BCUT2D eigenvalue weighted by atomic mass is 15.3. The third-order valence-electron chi connectivity index (χ3n) is 4.35. The Morgan fingerprint density at radius 1 is 1.10 bits per heavy atom. The Hall–Kier alpha value is -1.83. The van der Waals surface area contributed by atoms with Gasteiger partial charge in [0.05, 0.1) is 6.54 Å². The summed E-state index contributed by atoms with van der Waals surface area (Å²) in [6.45, 7) is 2.99. The van der Waals surface area contributed by atoms with E-state index in [0.717, 1.165) is 13.0 Å². The summed E-state index contributed by atoms with van der Waals surface area (Å²) in [5.74, 6) is 0. The van der Waals surface area contributed by atoms with Gasteiger partial charge in [0.25, 0.3) is 0 Å². The van der Waals surface area contributed by atoms with Gasteiger partial charge in [-0.15, -0.1) is 0 Å². The predicted molar refractivity (Wildman–Crippen MR) is 90.2 cm³/mol. The van der Waals surface area contributed by atoms with E-state index in [1.807, 2.05) is 0 Å². The van der Waals surface area contributed by atoms with E-state index >= 15 is 0 Å². The lowest BCUT2D eigenvalue weighted by molar-refractivity contribution is 0.646. The molecule has 0 aliphatic heterocycles. The third-order valence-corrected chi connectivity index (χ3v) is 4.35. The van der Waals surface area contributed by atoms with Gasteiger partial charge < -0.3 is 5.43 Å². The fraction of sp³-hybridized carbons (Fsp3) is 0.421. The molecule has 1 N–H and O–H groups in total. The molecule has 2 aliphatic rings. The molecule has 0 unspecified atom stereocenters. The molecule has 2 heteroatoms. The highest BCUT2D eigenvalue weighted by Crippen LogP contribution is 2.29.